The van der Waals surface area contributed by atoms with Crippen molar-refractivity contribution in [1.82, 2.24) is 19.7 Å². The predicted molar refractivity (Wildman–Crippen MR) is 125 cm³/mol. The molecule has 8 nitrogen and oxygen atoms in total. The summed E-state index contributed by atoms with van der Waals surface area (Å²) in [6.45, 7) is 8.09. The summed E-state index contributed by atoms with van der Waals surface area (Å²) in [6, 6.07) is 5.36. The molecule has 0 bridgehead atoms. The summed E-state index contributed by atoms with van der Waals surface area (Å²) in [5, 5.41) is 17.2. The Morgan fingerprint density at radius 1 is 1.26 bits per heavy atom. The van der Waals surface area contributed by atoms with Crippen LogP contribution in [-0.4, -0.2) is 36.8 Å². The molecule has 0 spiro atoms. The van der Waals surface area contributed by atoms with Gasteiger partial charge in [0.2, 0.25) is 11.8 Å². The van der Waals surface area contributed by atoms with Gasteiger partial charge >= 0.3 is 0 Å². The number of thioether (sulfide) groups is 1. The van der Waals surface area contributed by atoms with E-state index in [2.05, 4.69) is 25.8 Å². The van der Waals surface area contributed by atoms with Crippen LogP contribution in [-0.2, 0) is 22.6 Å². The number of carbonyl (C=O) groups excluding carboxylic acids is 2. The number of halogens is 1. The molecule has 3 rings (SSSR count). The van der Waals surface area contributed by atoms with Crippen LogP contribution in [0.2, 0.25) is 5.02 Å². The molecule has 0 aliphatic rings. The zero-order valence-electron chi connectivity index (χ0n) is 17.6. The Hall–Kier alpha value is -2.43. The van der Waals surface area contributed by atoms with Crippen molar-refractivity contribution in [2.24, 2.45) is 0 Å². The van der Waals surface area contributed by atoms with E-state index in [1.165, 1.54) is 23.1 Å². The Morgan fingerprint density at radius 2 is 2.03 bits per heavy atom. The molecule has 1 atom stereocenters. The van der Waals surface area contributed by atoms with Gasteiger partial charge in [-0.25, -0.2) is 4.98 Å². The van der Waals surface area contributed by atoms with E-state index in [-0.39, 0.29) is 18.2 Å². The number of nitrogens with zero attached hydrogens (tertiary/aromatic N) is 4. The van der Waals surface area contributed by atoms with Crippen LogP contribution in [0, 0.1) is 13.8 Å². The lowest BCUT2D eigenvalue weighted by Crippen LogP contribution is -2.23. The molecule has 0 aliphatic heterocycles. The summed E-state index contributed by atoms with van der Waals surface area (Å²) in [6.07, 6.45) is 0.0614. The van der Waals surface area contributed by atoms with Gasteiger partial charge in [-0.15, -0.1) is 21.5 Å². The third kappa shape index (κ3) is 6.05. The first kappa shape index (κ1) is 23.2. The van der Waals surface area contributed by atoms with Crippen LogP contribution in [0.15, 0.2) is 28.7 Å². The number of rotatable bonds is 8. The minimum atomic E-state index is -0.407. The maximum atomic E-state index is 12.5. The molecule has 0 saturated carbocycles. The van der Waals surface area contributed by atoms with E-state index >= 15 is 0 Å². The molecule has 0 radical (unpaired) electrons. The van der Waals surface area contributed by atoms with Gasteiger partial charge in [0, 0.05) is 22.6 Å². The molecule has 164 valence electrons. The monoisotopic (exact) mass is 478 g/mol. The highest BCUT2D eigenvalue weighted by molar-refractivity contribution is 8.00. The number of aryl methyl sites for hydroxylation is 2. The smallest absolute Gasteiger partial charge is 0.239 e. The number of hydrogen-bond donors (Lipinski definition) is 2. The Labute approximate surface area is 193 Å². The van der Waals surface area contributed by atoms with E-state index in [0.717, 1.165) is 11.3 Å². The van der Waals surface area contributed by atoms with Crippen LogP contribution >= 0.6 is 34.7 Å². The van der Waals surface area contributed by atoms with Gasteiger partial charge in [0.1, 0.15) is 5.82 Å². The second kappa shape index (κ2) is 10.3. The Kier molecular flexibility index (Phi) is 7.69. The van der Waals surface area contributed by atoms with E-state index in [0.29, 0.717) is 33.4 Å². The first-order valence-electron chi connectivity index (χ1n) is 9.64. The third-order valence-electron chi connectivity index (χ3n) is 4.38. The maximum absolute atomic E-state index is 12.5. The number of thiazole rings is 1. The van der Waals surface area contributed by atoms with Crippen LogP contribution in [0.1, 0.15) is 30.9 Å². The van der Waals surface area contributed by atoms with Crippen LogP contribution in [0.4, 0.5) is 10.8 Å². The van der Waals surface area contributed by atoms with Gasteiger partial charge in [-0.2, -0.15) is 0 Å². The molecular formula is C20H23ClN6O2S2. The van der Waals surface area contributed by atoms with Crippen molar-refractivity contribution >= 4 is 57.3 Å². The highest BCUT2D eigenvalue weighted by Crippen LogP contribution is 2.25. The highest BCUT2D eigenvalue weighted by atomic mass is 35.5. The summed E-state index contributed by atoms with van der Waals surface area (Å²) >= 11 is 8.79. The number of hydrogen-bond acceptors (Lipinski definition) is 7. The van der Waals surface area contributed by atoms with E-state index in [1.807, 2.05) is 36.8 Å². The molecule has 0 unspecified atom stereocenters. The number of benzene rings is 1. The molecule has 31 heavy (non-hydrogen) atoms. The van der Waals surface area contributed by atoms with Crippen molar-refractivity contribution in [3.63, 3.8) is 0 Å². The van der Waals surface area contributed by atoms with Gasteiger partial charge in [0.15, 0.2) is 10.3 Å². The maximum Gasteiger partial charge on any atom is 0.239 e. The fraction of sp³-hybridized carbons (Fsp3) is 0.350. The molecule has 0 aliphatic carbocycles. The normalized spacial score (nSPS) is 11.9. The predicted octanol–water partition coefficient (Wildman–Crippen LogP) is 4.33. The summed E-state index contributed by atoms with van der Waals surface area (Å²) in [7, 11) is 0. The van der Waals surface area contributed by atoms with E-state index in [9.17, 15) is 9.59 Å². The molecule has 0 fully saturated rings. The number of anilines is 2. The lowest BCUT2D eigenvalue weighted by atomic mass is 10.2. The minimum absolute atomic E-state index is 0.0614. The summed E-state index contributed by atoms with van der Waals surface area (Å²) in [4.78, 5) is 29.2. The quantitative estimate of drug-likeness (QED) is 0.467. The summed E-state index contributed by atoms with van der Waals surface area (Å²) in [5.74, 6) is 0.146. The molecule has 2 aromatic heterocycles. The lowest BCUT2D eigenvalue weighted by molar-refractivity contribution is -0.116. The van der Waals surface area contributed by atoms with Crippen molar-refractivity contribution in [2.75, 3.05) is 10.6 Å². The van der Waals surface area contributed by atoms with Crippen molar-refractivity contribution in [3.8, 4) is 0 Å². The number of aromatic nitrogens is 4. The van der Waals surface area contributed by atoms with Crippen molar-refractivity contribution < 1.29 is 9.59 Å². The largest absolute Gasteiger partial charge is 0.326 e. The first-order valence-corrected chi connectivity index (χ1v) is 11.8. The highest BCUT2D eigenvalue weighted by Gasteiger charge is 2.21. The van der Waals surface area contributed by atoms with Gasteiger partial charge in [-0.3, -0.25) is 9.59 Å². The van der Waals surface area contributed by atoms with E-state index in [4.69, 9.17) is 11.6 Å². The SMILES string of the molecule is CCn1c(CC(=O)Nc2ccc(C)c(Cl)c2)nnc1S[C@@H](C)C(=O)Nc1nc(C)cs1. The van der Waals surface area contributed by atoms with Crippen molar-refractivity contribution in [3.05, 3.63) is 45.7 Å². The molecule has 2 amide bonds. The second-order valence-electron chi connectivity index (χ2n) is 6.88. The minimum Gasteiger partial charge on any atom is -0.326 e. The summed E-state index contributed by atoms with van der Waals surface area (Å²) < 4.78 is 1.84. The van der Waals surface area contributed by atoms with Crippen LogP contribution in [0.25, 0.3) is 0 Å². The molecule has 11 heteroatoms. The number of amides is 2. The van der Waals surface area contributed by atoms with Gasteiger partial charge in [-0.1, -0.05) is 29.4 Å². The Balaban J connectivity index is 1.63. The van der Waals surface area contributed by atoms with Crippen LogP contribution < -0.4 is 10.6 Å². The van der Waals surface area contributed by atoms with Gasteiger partial charge < -0.3 is 15.2 Å². The number of nitrogens with one attached hydrogen (secondary N) is 2. The average Bonchev–Trinajstić information content (AvgIpc) is 3.29. The van der Waals surface area contributed by atoms with Crippen LogP contribution in [0.5, 0.6) is 0 Å². The standard InChI is InChI=1S/C20H23ClN6O2S2/c1-5-27-16(9-17(28)23-14-7-6-11(2)15(21)8-14)25-26-20(27)31-13(4)18(29)24-19-22-12(3)10-30-19/h6-8,10,13H,5,9H2,1-4H3,(H,23,28)(H,22,24,29)/t13-/m0/s1. The zero-order valence-corrected chi connectivity index (χ0v) is 20.0. The second-order valence-corrected chi connectivity index (χ2v) is 9.45. The van der Waals surface area contributed by atoms with Crippen molar-refractivity contribution in [1.29, 1.82) is 0 Å². The zero-order chi connectivity index (χ0) is 22.5. The molecular weight excluding hydrogens is 456 g/mol. The van der Waals surface area contributed by atoms with E-state index < -0.39 is 5.25 Å². The van der Waals surface area contributed by atoms with Gasteiger partial charge in [0.25, 0.3) is 0 Å². The molecule has 3 aromatic rings. The lowest BCUT2D eigenvalue weighted by Gasteiger charge is -2.12. The fourth-order valence-corrected chi connectivity index (χ4v) is 4.51. The van der Waals surface area contributed by atoms with E-state index in [1.54, 1.807) is 19.1 Å². The molecule has 2 heterocycles. The number of carbonyl (C=O) groups is 2. The van der Waals surface area contributed by atoms with Crippen LogP contribution in [0.3, 0.4) is 0 Å². The first-order chi connectivity index (χ1) is 14.8. The molecule has 1 aromatic carbocycles. The third-order valence-corrected chi connectivity index (χ3v) is 6.75. The molecule has 0 saturated heterocycles. The topological polar surface area (TPSA) is 102 Å². The molecule has 2 N–H and O–H groups in total. The summed E-state index contributed by atoms with van der Waals surface area (Å²) in [5.41, 5.74) is 2.43. The van der Waals surface area contributed by atoms with Gasteiger partial charge in [0.05, 0.1) is 17.4 Å². The Bertz CT molecular complexity index is 1100. The fourth-order valence-electron chi connectivity index (χ4n) is 2.70. The van der Waals surface area contributed by atoms with Crippen molar-refractivity contribution in [2.45, 2.75) is 51.1 Å². The van der Waals surface area contributed by atoms with Gasteiger partial charge in [-0.05, 0) is 45.4 Å². The Morgan fingerprint density at radius 3 is 2.68 bits per heavy atom. The average molecular weight is 479 g/mol.